The van der Waals surface area contributed by atoms with Gasteiger partial charge in [0.25, 0.3) is 0 Å². The maximum Gasteiger partial charge on any atom is 0.223 e. The lowest BCUT2D eigenvalue weighted by Crippen LogP contribution is -2.45. The summed E-state index contributed by atoms with van der Waals surface area (Å²) in [5.74, 6) is -3.41. The van der Waals surface area contributed by atoms with E-state index in [9.17, 15) is 24.0 Å². The van der Waals surface area contributed by atoms with Gasteiger partial charge < -0.3 is 5.32 Å². The van der Waals surface area contributed by atoms with Crippen molar-refractivity contribution in [1.29, 1.82) is 0 Å². The normalized spacial score (nSPS) is 13.3. The van der Waals surface area contributed by atoms with E-state index in [1.165, 1.54) is 10.9 Å². The van der Waals surface area contributed by atoms with Crippen LogP contribution >= 0.6 is 0 Å². The van der Waals surface area contributed by atoms with Crippen LogP contribution in [0.15, 0.2) is 72.9 Å². The Bertz CT molecular complexity index is 1360. The van der Waals surface area contributed by atoms with Gasteiger partial charge in [-0.1, -0.05) is 81.4 Å². The molecule has 3 rings (SSSR count). The van der Waals surface area contributed by atoms with E-state index >= 15 is 0 Å². The fourth-order valence-electron chi connectivity index (χ4n) is 4.97. The van der Waals surface area contributed by atoms with Gasteiger partial charge in [0, 0.05) is 44.3 Å². The molecule has 1 heterocycles. The molecule has 1 aromatic heterocycles. The standard InChI is InChI=1S/C34H41N3O5/c1-23(2)19-28(36-34(42)24(3)20-32(40)29-17-18-35-37(29)4)31(39)22-27(21-26-13-9-6-10-14-26)33(41)30(38)16-15-25-11-7-5-8-12-25/h5-14,17-18,23-24,27-28H,15-16,19-22H2,1-4H3,(H,36,42)/t24-,27-,28+/m1/s1. The Morgan fingerprint density at radius 3 is 2.02 bits per heavy atom. The molecule has 0 aliphatic rings. The SMILES string of the molecule is CC(C)C[C@H](NC(=O)[C@H](C)CC(=O)c1ccnn1C)C(=O)C[C@@H](Cc1ccccc1)C(=O)C(=O)CCc1ccccc1. The molecule has 0 saturated heterocycles. The number of carbonyl (C=O) groups is 5. The number of Topliss-reactive ketones (excluding diaryl/α,β-unsaturated/α-hetero) is 4. The highest BCUT2D eigenvalue weighted by Crippen LogP contribution is 2.20. The Hall–Kier alpha value is -4.20. The second kappa shape index (κ2) is 15.7. The van der Waals surface area contributed by atoms with Gasteiger partial charge in [0.05, 0.1) is 6.04 Å². The Labute approximate surface area is 247 Å². The quantitative estimate of drug-likeness (QED) is 0.185. The zero-order chi connectivity index (χ0) is 30.6. The van der Waals surface area contributed by atoms with E-state index in [4.69, 9.17) is 0 Å². The fraction of sp³-hybridized carbons (Fsp3) is 0.412. The van der Waals surface area contributed by atoms with Crippen molar-refractivity contribution in [2.45, 2.75) is 65.3 Å². The molecule has 0 saturated carbocycles. The maximum atomic E-state index is 13.6. The molecule has 1 N–H and O–H groups in total. The summed E-state index contributed by atoms with van der Waals surface area (Å²) in [5, 5.41) is 6.84. The molecule has 0 fully saturated rings. The minimum Gasteiger partial charge on any atom is -0.346 e. The second-order valence-electron chi connectivity index (χ2n) is 11.4. The van der Waals surface area contributed by atoms with E-state index in [1.54, 1.807) is 20.0 Å². The molecule has 2 aromatic carbocycles. The van der Waals surface area contributed by atoms with E-state index in [2.05, 4.69) is 10.4 Å². The molecule has 0 unspecified atom stereocenters. The average Bonchev–Trinajstić information content (AvgIpc) is 3.41. The van der Waals surface area contributed by atoms with Crippen LogP contribution in [0.5, 0.6) is 0 Å². The summed E-state index contributed by atoms with van der Waals surface area (Å²) >= 11 is 0. The number of aryl methyl sites for hydroxylation is 2. The summed E-state index contributed by atoms with van der Waals surface area (Å²) in [6, 6.07) is 19.6. The predicted octanol–water partition coefficient (Wildman–Crippen LogP) is 4.75. The van der Waals surface area contributed by atoms with Crippen molar-refractivity contribution < 1.29 is 24.0 Å². The third kappa shape index (κ3) is 9.72. The number of nitrogens with one attached hydrogen (secondary N) is 1. The molecular weight excluding hydrogens is 530 g/mol. The summed E-state index contributed by atoms with van der Waals surface area (Å²) in [6.45, 7) is 5.54. The Kier molecular flexibility index (Phi) is 12.1. The summed E-state index contributed by atoms with van der Waals surface area (Å²) in [7, 11) is 1.66. The van der Waals surface area contributed by atoms with E-state index in [0.29, 0.717) is 18.5 Å². The first-order valence-electron chi connectivity index (χ1n) is 14.5. The number of hydrogen-bond donors (Lipinski definition) is 1. The molecule has 222 valence electrons. The third-order valence-corrected chi connectivity index (χ3v) is 7.36. The monoisotopic (exact) mass is 571 g/mol. The maximum absolute atomic E-state index is 13.6. The first-order valence-corrected chi connectivity index (χ1v) is 14.5. The highest BCUT2D eigenvalue weighted by atomic mass is 16.2. The van der Waals surface area contributed by atoms with Gasteiger partial charge in [0.2, 0.25) is 11.7 Å². The van der Waals surface area contributed by atoms with Crippen LogP contribution in [0.3, 0.4) is 0 Å². The summed E-state index contributed by atoms with van der Waals surface area (Å²) in [4.78, 5) is 65.8. The van der Waals surface area contributed by atoms with Gasteiger partial charge >= 0.3 is 0 Å². The minimum atomic E-state index is -0.836. The Balaban J connectivity index is 1.71. The number of benzene rings is 2. The molecule has 8 nitrogen and oxygen atoms in total. The molecule has 0 aliphatic heterocycles. The molecule has 1 amide bonds. The van der Waals surface area contributed by atoms with Gasteiger partial charge in [0.15, 0.2) is 17.3 Å². The lowest BCUT2D eigenvalue weighted by atomic mass is 9.85. The summed E-state index contributed by atoms with van der Waals surface area (Å²) in [5.41, 5.74) is 2.22. The summed E-state index contributed by atoms with van der Waals surface area (Å²) in [6.07, 6.45) is 2.47. The van der Waals surface area contributed by atoms with Crippen molar-refractivity contribution in [2.24, 2.45) is 24.8 Å². The van der Waals surface area contributed by atoms with E-state index < -0.39 is 35.4 Å². The first-order chi connectivity index (χ1) is 20.0. The number of carbonyl (C=O) groups excluding carboxylic acids is 5. The Morgan fingerprint density at radius 2 is 1.45 bits per heavy atom. The van der Waals surface area contributed by atoms with Gasteiger partial charge in [-0.15, -0.1) is 0 Å². The molecule has 0 aliphatic carbocycles. The molecule has 0 spiro atoms. The van der Waals surface area contributed by atoms with E-state index in [-0.39, 0.29) is 43.2 Å². The lowest BCUT2D eigenvalue weighted by molar-refractivity contribution is -0.140. The molecule has 3 atom stereocenters. The zero-order valence-corrected chi connectivity index (χ0v) is 24.9. The van der Waals surface area contributed by atoms with Gasteiger partial charge in [-0.2, -0.15) is 5.10 Å². The van der Waals surface area contributed by atoms with Crippen molar-refractivity contribution >= 4 is 29.0 Å². The van der Waals surface area contributed by atoms with Crippen LogP contribution in [0.25, 0.3) is 0 Å². The number of ketones is 4. The second-order valence-corrected chi connectivity index (χ2v) is 11.4. The van der Waals surface area contributed by atoms with Gasteiger partial charge in [-0.05, 0) is 42.4 Å². The Morgan fingerprint density at radius 1 is 0.833 bits per heavy atom. The number of hydrogen-bond acceptors (Lipinski definition) is 6. The molecule has 42 heavy (non-hydrogen) atoms. The minimum absolute atomic E-state index is 0.0288. The smallest absolute Gasteiger partial charge is 0.223 e. The van der Waals surface area contributed by atoms with Crippen molar-refractivity contribution in [3.05, 3.63) is 89.7 Å². The molecule has 3 aromatic rings. The summed E-state index contributed by atoms with van der Waals surface area (Å²) < 4.78 is 1.46. The van der Waals surface area contributed by atoms with Crippen molar-refractivity contribution in [3.8, 4) is 0 Å². The molecule has 0 bridgehead atoms. The van der Waals surface area contributed by atoms with Crippen LogP contribution in [0.1, 0.15) is 68.1 Å². The average molecular weight is 572 g/mol. The van der Waals surface area contributed by atoms with Gasteiger partial charge in [0.1, 0.15) is 5.69 Å². The highest BCUT2D eigenvalue weighted by Gasteiger charge is 2.32. The van der Waals surface area contributed by atoms with Crippen molar-refractivity contribution in [1.82, 2.24) is 15.1 Å². The number of aromatic nitrogens is 2. The lowest BCUT2D eigenvalue weighted by Gasteiger charge is -2.24. The first kappa shape index (κ1) is 32.3. The van der Waals surface area contributed by atoms with E-state index in [0.717, 1.165) is 11.1 Å². The van der Waals surface area contributed by atoms with Gasteiger partial charge in [-0.25, -0.2) is 0 Å². The highest BCUT2D eigenvalue weighted by molar-refractivity contribution is 6.38. The van der Waals surface area contributed by atoms with Crippen LogP contribution in [-0.4, -0.2) is 44.9 Å². The van der Waals surface area contributed by atoms with Crippen LogP contribution in [0.4, 0.5) is 0 Å². The topological polar surface area (TPSA) is 115 Å². The number of rotatable bonds is 17. The fourth-order valence-corrected chi connectivity index (χ4v) is 4.97. The predicted molar refractivity (Wildman–Crippen MR) is 161 cm³/mol. The third-order valence-electron chi connectivity index (χ3n) is 7.36. The van der Waals surface area contributed by atoms with Crippen LogP contribution < -0.4 is 5.32 Å². The zero-order valence-electron chi connectivity index (χ0n) is 24.9. The van der Waals surface area contributed by atoms with Crippen LogP contribution in [0, 0.1) is 17.8 Å². The number of nitrogens with zero attached hydrogens (tertiary/aromatic N) is 2. The van der Waals surface area contributed by atoms with Crippen LogP contribution in [0.2, 0.25) is 0 Å². The van der Waals surface area contributed by atoms with E-state index in [1.807, 2.05) is 74.5 Å². The largest absolute Gasteiger partial charge is 0.346 e. The molecular formula is C34H41N3O5. The van der Waals surface area contributed by atoms with Crippen LogP contribution in [-0.2, 0) is 39.1 Å². The molecule has 8 heteroatoms. The van der Waals surface area contributed by atoms with Crippen molar-refractivity contribution in [2.75, 3.05) is 0 Å². The van der Waals surface area contributed by atoms with Crippen molar-refractivity contribution in [3.63, 3.8) is 0 Å². The molecule has 0 radical (unpaired) electrons. The number of amides is 1. The van der Waals surface area contributed by atoms with Gasteiger partial charge in [-0.3, -0.25) is 28.7 Å².